The van der Waals surface area contributed by atoms with Gasteiger partial charge in [-0.15, -0.1) is 0 Å². The molecule has 0 atom stereocenters. The van der Waals surface area contributed by atoms with Crippen LogP contribution < -0.4 is 16.1 Å². The predicted molar refractivity (Wildman–Crippen MR) is 254 cm³/mol. The third kappa shape index (κ3) is 10.9. The summed E-state index contributed by atoms with van der Waals surface area (Å²) >= 11 is 0. The molecule has 4 saturated heterocycles. The number of rotatable bonds is 15. The van der Waals surface area contributed by atoms with E-state index in [1.807, 2.05) is 24.3 Å². The van der Waals surface area contributed by atoms with Crippen LogP contribution in [0.1, 0.15) is 87.4 Å². The number of pyridine rings is 1. The van der Waals surface area contributed by atoms with Crippen LogP contribution in [0.15, 0.2) is 84.1 Å². The quantitative estimate of drug-likeness (QED) is 0.0857. The van der Waals surface area contributed by atoms with Crippen molar-refractivity contribution in [1.29, 1.82) is 0 Å². The summed E-state index contributed by atoms with van der Waals surface area (Å²) in [6.07, 6.45) is 6.78. The van der Waals surface area contributed by atoms with Crippen LogP contribution in [-0.2, 0) is 27.2 Å². The number of anilines is 1. The van der Waals surface area contributed by atoms with Crippen LogP contribution in [0.2, 0.25) is 0 Å². The number of fused-ring (bicyclic) bond motifs is 3. The summed E-state index contributed by atoms with van der Waals surface area (Å²) in [6.45, 7) is 9.39. The van der Waals surface area contributed by atoms with Crippen molar-refractivity contribution in [2.24, 2.45) is 5.10 Å². The van der Waals surface area contributed by atoms with Gasteiger partial charge in [-0.1, -0.05) is 61.5 Å². The smallest absolute Gasteiger partial charge is 0.272 e. The van der Waals surface area contributed by atoms with E-state index in [-0.39, 0.29) is 41.0 Å². The normalized spacial score (nSPS) is 21.2. The van der Waals surface area contributed by atoms with Gasteiger partial charge in [0.25, 0.3) is 11.8 Å². The molecule has 9 rings (SSSR count). The van der Waals surface area contributed by atoms with Crippen molar-refractivity contribution >= 4 is 41.3 Å². The van der Waals surface area contributed by atoms with E-state index >= 15 is 4.39 Å². The van der Waals surface area contributed by atoms with Crippen molar-refractivity contribution in [3.63, 3.8) is 0 Å². The summed E-state index contributed by atoms with van der Waals surface area (Å²) in [5, 5.41) is 10.4. The van der Waals surface area contributed by atoms with Crippen molar-refractivity contribution < 1.29 is 33.1 Å². The van der Waals surface area contributed by atoms with Crippen LogP contribution in [-0.4, -0.2) is 150 Å². The first-order valence-electron chi connectivity index (χ1n) is 23.3. The minimum absolute atomic E-state index is 0.0117. The highest BCUT2D eigenvalue weighted by molar-refractivity contribution is 6.07. The van der Waals surface area contributed by atoms with Crippen molar-refractivity contribution in [3.8, 4) is 11.1 Å². The highest BCUT2D eigenvalue weighted by Crippen LogP contribution is 2.44. The molecule has 5 heterocycles. The molecule has 1 aliphatic carbocycles. The Hall–Kier alpha value is -6.36. The standard InChI is InChI=1S/C51H60FN9O6/c1-4-36-8-7-10-38(26-36)40-29-45(55-35(2)63)47(54-30-40)48(65)56-50-14-16-51(17-15-50,67-34-50)33-59-20-18-58(19-21-59)31-46(64)60-22-24-61(25-23-60)49(66)42-27-37(12-13-43(42)52)28-44(57-53-3)41-11-6-5-9-39(41)32-62/h5-13,26-27,29-30,32,53H,4,14-25,28,31,33-34H2,1-3H3,(H,55,63)(H,56,65)/b57-44-. The van der Waals surface area contributed by atoms with E-state index in [0.29, 0.717) is 67.4 Å². The van der Waals surface area contributed by atoms with Crippen LogP contribution in [0.5, 0.6) is 0 Å². The maximum Gasteiger partial charge on any atom is 0.272 e. The number of aromatic nitrogens is 1. The Morgan fingerprint density at radius 3 is 2.24 bits per heavy atom. The maximum atomic E-state index is 15.1. The fourth-order valence-corrected chi connectivity index (χ4v) is 9.85. The lowest BCUT2D eigenvalue weighted by Crippen LogP contribution is -2.66. The second-order valence-electron chi connectivity index (χ2n) is 18.3. The highest BCUT2D eigenvalue weighted by Gasteiger charge is 2.51. The summed E-state index contributed by atoms with van der Waals surface area (Å²) in [6, 6.07) is 21.5. The molecule has 0 unspecified atom stereocenters. The van der Waals surface area contributed by atoms with E-state index in [1.165, 1.54) is 18.6 Å². The molecule has 3 N–H and O–H groups in total. The molecular formula is C51H60FN9O6. The van der Waals surface area contributed by atoms with Crippen LogP contribution >= 0.6 is 0 Å². The molecule has 1 saturated carbocycles. The molecule has 67 heavy (non-hydrogen) atoms. The van der Waals surface area contributed by atoms with E-state index in [1.54, 1.807) is 53.4 Å². The number of aryl methyl sites for hydroxylation is 1. The van der Waals surface area contributed by atoms with Gasteiger partial charge < -0.3 is 30.6 Å². The molecule has 4 aromatic rings. The third-order valence-corrected chi connectivity index (χ3v) is 13.8. The largest absolute Gasteiger partial charge is 0.371 e. The van der Waals surface area contributed by atoms with Gasteiger partial charge in [0.1, 0.15) is 5.82 Å². The lowest BCUT2D eigenvalue weighted by molar-refractivity contribution is -0.170. The number of hydrogen-bond donors (Lipinski definition) is 3. The number of amides is 4. The first-order chi connectivity index (χ1) is 32.4. The van der Waals surface area contributed by atoms with E-state index in [4.69, 9.17) is 4.74 Å². The number of aldehydes is 1. The Labute approximate surface area is 391 Å². The molecule has 0 radical (unpaired) electrons. The Bertz CT molecular complexity index is 2510. The first-order valence-corrected chi connectivity index (χ1v) is 23.3. The fourth-order valence-electron chi connectivity index (χ4n) is 9.85. The Balaban J connectivity index is 0.784. The van der Waals surface area contributed by atoms with Gasteiger partial charge in [-0.25, -0.2) is 9.37 Å². The number of hydrogen-bond acceptors (Lipinski definition) is 11. The lowest BCUT2D eigenvalue weighted by atomic mass is 9.70. The zero-order valence-electron chi connectivity index (χ0n) is 38.6. The van der Waals surface area contributed by atoms with E-state index in [9.17, 15) is 24.0 Å². The molecular weight excluding hydrogens is 854 g/mol. The van der Waals surface area contributed by atoms with Gasteiger partial charge in [-0.2, -0.15) is 5.10 Å². The van der Waals surface area contributed by atoms with Crippen molar-refractivity contribution in [2.75, 3.05) is 84.4 Å². The van der Waals surface area contributed by atoms with Crippen LogP contribution in [0.25, 0.3) is 11.1 Å². The fraction of sp³-hybridized carbons (Fsp3) is 0.431. The minimum atomic E-state index is -0.620. The predicted octanol–water partition coefficient (Wildman–Crippen LogP) is 4.80. The SMILES string of the molecule is CCc1cccc(-c2cnc(C(=O)NC34CCC(CN5CCN(CC(=O)N6CCN(C(=O)c7cc(C/C(=N/NC)c8ccccc8C=O)ccc7F)CC6)CC5)(CC3)OC4)c(NC(C)=O)c2)c1. The molecule has 4 aliphatic heterocycles. The summed E-state index contributed by atoms with van der Waals surface area (Å²) < 4.78 is 21.7. The number of nitrogens with one attached hydrogen (secondary N) is 3. The van der Waals surface area contributed by atoms with E-state index < -0.39 is 17.3 Å². The van der Waals surface area contributed by atoms with Gasteiger partial charge >= 0.3 is 0 Å². The highest BCUT2D eigenvalue weighted by atomic mass is 19.1. The molecule has 1 aromatic heterocycles. The molecule has 0 spiro atoms. The maximum absolute atomic E-state index is 15.1. The zero-order valence-corrected chi connectivity index (χ0v) is 38.6. The summed E-state index contributed by atoms with van der Waals surface area (Å²) in [7, 11) is 1.66. The summed E-state index contributed by atoms with van der Waals surface area (Å²) in [5.74, 6) is -1.66. The molecule has 2 bridgehead atoms. The number of hydrazone groups is 1. The first kappa shape index (κ1) is 47.1. The third-order valence-electron chi connectivity index (χ3n) is 13.8. The van der Waals surface area contributed by atoms with Crippen molar-refractivity contribution in [3.05, 3.63) is 118 Å². The zero-order chi connectivity index (χ0) is 47.1. The molecule has 3 aromatic carbocycles. The van der Waals surface area contributed by atoms with Gasteiger partial charge in [-0.3, -0.25) is 33.8 Å². The van der Waals surface area contributed by atoms with Gasteiger partial charge in [0.2, 0.25) is 11.8 Å². The average molecular weight is 914 g/mol. The number of piperazine rings is 2. The number of carbonyl (C=O) groups excluding carboxylic acids is 5. The molecule has 5 aliphatic rings. The number of nitrogens with zero attached hydrogens (tertiary/aromatic N) is 6. The van der Waals surface area contributed by atoms with Crippen molar-refractivity contribution in [2.45, 2.75) is 63.5 Å². The summed E-state index contributed by atoms with van der Waals surface area (Å²) in [4.78, 5) is 77.3. The Morgan fingerprint density at radius 1 is 0.821 bits per heavy atom. The van der Waals surface area contributed by atoms with Crippen LogP contribution in [0, 0.1) is 5.82 Å². The van der Waals surface area contributed by atoms with Crippen LogP contribution in [0.3, 0.4) is 0 Å². The van der Waals surface area contributed by atoms with E-state index in [0.717, 1.165) is 82.2 Å². The molecule has 5 fully saturated rings. The van der Waals surface area contributed by atoms with Crippen molar-refractivity contribution in [1.82, 2.24) is 35.3 Å². The molecule has 4 amide bonds. The molecule has 352 valence electrons. The number of halogens is 1. The monoisotopic (exact) mass is 913 g/mol. The summed E-state index contributed by atoms with van der Waals surface area (Å²) in [5.41, 5.74) is 7.82. The minimum Gasteiger partial charge on any atom is -0.371 e. The van der Waals surface area contributed by atoms with Crippen LogP contribution in [0.4, 0.5) is 10.1 Å². The van der Waals surface area contributed by atoms with E-state index in [2.05, 4.69) is 55.0 Å². The number of carbonyl (C=O) groups is 5. The van der Waals surface area contributed by atoms with Gasteiger partial charge in [0.05, 0.1) is 41.3 Å². The second kappa shape index (κ2) is 20.7. The second-order valence-corrected chi connectivity index (χ2v) is 18.3. The number of ether oxygens (including phenoxy) is 1. The van der Waals surface area contributed by atoms with Gasteiger partial charge in [0.15, 0.2) is 12.0 Å². The lowest BCUT2D eigenvalue weighted by Gasteiger charge is -2.54. The Morgan fingerprint density at radius 2 is 1.55 bits per heavy atom. The molecule has 15 nitrogen and oxygen atoms in total. The average Bonchev–Trinajstić information content (AvgIpc) is 3.35. The van der Waals surface area contributed by atoms with Gasteiger partial charge in [0, 0.05) is 102 Å². The number of benzene rings is 3. The Kier molecular flexibility index (Phi) is 14.5. The molecule has 16 heteroatoms. The van der Waals surface area contributed by atoms with Gasteiger partial charge in [-0.05, 0) is 67.0 Å². The topological polar surface area (TPSA) is 169 Å².